The summed E-state index contributed by atoms with van der Waals surface area (Å²) in [5.41, 5.74) is 6.68. The van der Waals surface area contributed by atoms with Gasteiger partial charge in [0.25, 0.3) is 11.1 Å². The molecule has 3 fully saturated rings. The van der Waals surface area contributed by atoms with Gasteiger partial charge in [-0.3, -0.25) is 19.4 Å². The van der Waals surface area contributed by atoms with Crippen LogP contribution in [0.4, 0.5) is 0 Å². The van der Waals surface area contributed by atoms with Crippen molar-refractivity contribution < 1.29 is 0 Å². The first-order chi connectivity index (χ1) is 21.7. The number of halogens is 2. The van der Waals surface area contributed by atoms with Gasteiger partial charge in [0.05, 0.1) is 27.1 Å². The maximum atomic E-state index is 13.5. The van der Waals surface area contributed by atoms with Crippen LogP contribution in [-0.2, 0) is 17.4 Å². The van der Waals surface area contributed by atoms with Crippen molar-refractivity contribution in [3.05, 3.63) is 102 Å². The zero-order valence-corrected chi connectivity index (χ0v) is 29.2. The fraction of sp³-hybridized carbons (Fsp3) is 0.538. The van der Waals surface area contributed by atoms with Crippen molar-refractivity contribution in [1.82, 2.24) is 19.1 Å². The van der Waals surface area contributed by atoms with E-state index >= 15 is 0 Å². The molecular formula is C39H48Cl2N4O2. The number of nitrogens with zero attached hydrogens (tertiary/aromatic N) is 3. The standard InChI is InChI=1S/C21H25ClN2O.C17H19ClN2O.CH4/c1-20(2)14-10-11-21(20,3)18-17(14)19(25)24(23(18)12-13-8-9-13)16-7-5-4-6-15(16)22;1-16(2)10-8-9-17(16,3)14-13(10)15(21)20(19-14)12-7-5-4-6-11(12)18;/h4-7,13-14H,8-12H2,1-3H3;4-7,10,19H,8-9H2,1-3H3;1H4/t14-,21+;10-,17+;/m11./s1. The van der Waals surface area contributed by atoms with E-state index in [1.54, 1.807) is 4.68 Å². The molecule has 0 saturated heterocycles. The Bertz CT molecular complexity index is 2020. The molecule has 1 N–H and O–H groups in total. The quantitative estimate of drug-likeness (QED) is 0.234. The molecule has 4 aromatic rings. The highest BCUT2D eigenvalue weighted by Gasteiger charge is 2.63. The highest BCUT2D eigenvalue weighted by molar-refractivity contribution is 6.32. The molecule has 0 aliphatic heterocycles. The van der Waals surface area contributed by atoms with Crippen LogP contribution in [0.15, 0.2) is 58.1 Å². The minimum atomic E-state index is 0. The van der Waals surface area contributed by atoms with Crippen LogP contribution in [-0.4, -0.2) is 19.1 Å². The van der Waals surface area contributed by atoms with Crippen molar-refractivity contribution in [2.24, 2.45) is 16.7 Å². The molecule has 3 saturated carbocycles. The Morgan fingerprint density at radius 1 is 0.723 bits per heavy atom. The highest BCUT2D eigenvalue weighted by Crippen LogP contribution is 2.68. The zero-order chi connectivity index (χ0) is 32.6. The predicted molar refractivity (Wildman–Crippen MR) is 192 cm³/mol. The van der Waals surface area contributed by atoms with E-state index in [9.17, 15) is 9.59 Å². The molecule has 4 atom stereocenters. The number of aromatic nitrogens is 4. The average Bonchev–Trinajstić information content (AvgIpc) is 3.45. The van der Waals surface area contributed by atoms with Gasteiger partial charge in [0.15, 0.2) is 0 Å². The van der Waals surface area contributed by atoms with Crippen molar-refractivity contribution >= 4 is 23.2 Å². The summed E-state index contributed by atoms with van der Waals surface area (Å²) in [6.07, 6.45) is 7.09. The lowest BCUT2D eigenvalue weighted by atomic mass is 9.70. The SMILES string of the molecule is C.CC1(C)[C@@H]2CC[C@@]1(C)c1[nH]n(-c3ccccc3Cl)c(=O)c12.CC1(C)[C@@H]2CC[C@@]1(C)c1c2c(=O)n(-c2ccccc2Cl)n1CC1CC1. The maximum Gasteiger partial charge on any atom is 0.275 e. The van der Waals surface area contributed by atoms with Gasteiger partial charge in [-0.2, -0.15) is 0 Å². The molecule has 8 heteroatoms. The van der Waals surface area contributed by atoms with E-state index in [0.717, 1.165) is 54.0 Å². The molecule has 250 valence electrons. The molecule has 6 nitrogen and oxygen atoms in total. The van der Waals surface area contributed by atoms with Gasteiger partial charge in [-0.1, -0.05) is 96.4 Å². The van der Waals surface area contributed by atoms with Crippen LogP contribution in [0, 0.1) is 16.7 Å². The summed E-state index contributed by atoms with van der Waals surface area (Å²) in [6.45, 7) is 14.9. The van der Waals surface area contributed by atoms with Gasteiger partial charge < -0.3 is 0 Å². The summed E-state index contributed by atoms with van der Waals surface area (Å²) >= 11 is 12.7. The normalized spacial score (nSPS) is 28.4. The third-order valence-corrected chi connectivity index (χ3v) is 14.3. The Hall–Kier alpha value is -2.96. The van der Waals surface area contributed by atoms with Gasteiger partial charge in [-0.25, -0.2) is 9.36 Å². The van der Waals surface area contributed by atoms with Crippen molar-refractivity contribution in [1.29, 1.82) is 0 Å². The van der Waals surface area contributed by atoms with Crippen LogP contribution < -0.4 is 11.1 Å². The first kappa shape index (κ1) is 32.6. The smallest absolute Gasteiger partial charge is 0.275 e. The highest BCUT2D eigenvalue weighted by atomic mass is 35.5. The molecule has 47 heavy (non-hydrogen) atoms. The lowest BCUT2D eigenvalue weighted by Gasteiger charge is -2.36. The number of rotatable bonds is 4. The Morgan fingerprint density at radius 2 is 1.26 bits per heavy atom. The first-order valence-electron chi connectivity index (χ1n) is 17.0. The van der Waals surface area contributed by atoms with E-state index in [-0.39, 0.29) is 40.2 Å². The van der Waals surface area contributed by atoms with Gasteiger partial charge in [0.2, 0.25) is 0 Å². The Labute approximate surface area is 288 Å². The summed E-state index contributed by atoms with van der Waals surface area (Å²) in [5.74, 6) is 1.43. The number of nitrogens with one attached hydrogen (secondary N) is 1. The number of benzene rings is 2. The minimum Gasteiger partial charge on any atom is -0.294 e. The van der Waals surface area contributed by atoms with Crippen molar-refractivity contribution in [3.8, 4) is 11.4 Å². The topological polar surface area (TPSA) is 64.7 Å². The van der Waals surface area contributed by atoms with E-state index < -0.39 is 0 Å². The first-order valence-corrected chi connectivity index (χ1v) is 17.7. The molecule has 2 aromatic heterocycles. The predicted octanol–water partition coefficient (Wildman–Crippen LogP) is 9.51. The summed E-state index contributed by atoms with van der Waals surface area (Å²) < 4.78 is 5.81. The fourth-order valence-electron chi connectivity index (χ4n) is 9.92. The second-order valence-electron chi connectivity index (χ2n) is 16.1. The van der Waals surface area contributed by atoms with Gasteiger partial charge in [0, 0.05) is 34.2 Å². The van der Waals surface area contributed by atoms with Crippen LogP contribution in [0.5, 0.6) is 0 Å². The number of hydrogen-bond acceptors (Lipinski definition) is 2. The second kappa shape index (κ2) is 10.5. The third-order valence-electron chi connectivity index (χ3n) is 13.6. The summed E-state index contributed by atoms with van der Waals surface area (Å²) in [7, 11) is 0. The van der Waals surface area contributed by atoms with Gasteiger partial charge in [0.1, 0.15) is 0 Å². The molecule has 4 bridgehead atoms. The number of H-pyrrole nitrogens is 1. The second-order valence-corrected chi connectivity index (χ2v) is 17.0. The van der Waals surface area contributed by atoms with E-state index in [2.05, 4.69) is 51.3 Å². The minimum absolute atomic E-state index is 0. The van der Waals surface area contributed by atoms with E-state index in [1.165, 1.54) is 25.0 Å². The van der Waals surface area contributed by atoms with Gasteiger partial charge in [-0.05, 0) is 91.4 Å². The summed E-state index contributed by atoms with van der Waals surface area (Å²) in [5, 5.41) is 4.61. The van der Waals surface area contributed by atoms with E-state index in [4.69, 9.17) is 23.2 Å². The number of hydrogen-bond donors (Lipinski definition) is 1. The largest absolute Gasteiger partial charge is 0.294 e. The molecule has 0 unspecified atom stereocenters. The molecular weight excluding hydrogens is 627 g/mol. The zero-order valence-electron chi connectivity index (χ0n) is 27.7. The molecule has 9 rings (SSSR count). The molecule has 2 heterocycles. The molecule has 5 aliphatic rings. The summed E-state index contributed by atoms with van der Waals surface area (Å²) in [6, 6.07) is 15.2. The van der Waals surface area contributed by atoms with Crippen molar-refractivity contribution in [3.63, 3.8) is 0 Å². The molecule has 0 radical (unpaired) electrons. The Kier molecular flexibility index (Phi) is 7.29. The maximum absolute atomic E-state index is 13.5. The number of aromatic amines is 1. The van der Waals surface area contributed by atoms with Crippen LogP contribution in [0.2, 0.25) is 10.0 Å². The van der Waals surface area contributed by atoms with Crippen LogP contribution in [0.1, 0.15) is 122 Å². The Balaban J connectivity index is 0.000000148. The molecule has 0 amide bonds. The van der Waals surface area contributed by atoms with Crippen LogP contribution in [0.25, 0.3) is 11.4 Å². The summed E-state index contributed by atoms with van der Waals surface area (Å²) in [4.78, 5) is 26.4. The third kappa shape index (κ3) is 4.16. The number of para-hydroxylation sites is 2. The average molecular weight is 676 g/mol. The number of fused-ring (bicyclic) bond motifs is 10. The molecule has 0 spiro atoms. The van der Waals surface area contributed by atoms with Gasteiger partial charge in [-0.15, -0.1) is 0 Å². The van der Waals surface area contributed by atoms with Crippen molar-refractivity contribution in [2.45, 2.75) is 117 Å². The molecule has 5 aliphatic carbocycles. The Morgan fingerprint density at radius 3 is 1.83 bits per heavy atom. The fourth-order valence-corrected chi connectivity index (χ4v) is 10.4. The van der Waals surface area contributed by atoms with Crippen LogP contribution >= 0.6 is 23.2 Å². The monoisotopic (exact) mass is 674 g/mol. The van der Waals surface area contributed by atoms with Crippen LogP contribution in [0.3, 0.4) is 0 Å². The lowest BCUT2D eigenvalue weighted by molar-refractivity contribution is 0.214. The van der Waals surface area contributed by atoms with Gasteiger partial charge >= 0.3 is 0 Å². The van der Waals surface area contributed by atoms with Crippen molar-refractivity contribution in [2.75, 3.05) is 0 Å². The van der Waals surface area contributed by atoms with E-state index in [0.29, 0.717) is 27.8 Å². The molecule has 2 aromatic carbocycles. The lowest BCUT2D eigenvalue weighted by Crippen LogP contribution is -2.36. The van der Waals surface area contributed by atoms with E-state index in [1.807, 2.05) is 53.2 Å².